The Morgan fingerprint density at radius 3 is 2.88 bits per heavy atom. The van der Waals surface area contributed by atoms with Gasteiger partial charge < -0.3 is 23.9 Å². The van der Waals surface area contributed by atoms with Crippen LogP contribution in [0.15, 0.2) is 46.9 Å². The van der Waals surface area contributed by atoms with Crippen LogP contribution >= 0.6 is 0 Å². The molecule has 132 valence electrons. The van der Waals surface area contributed by atoms with E-state index in [-0.39, 0.29) is 35.6 Å². The van der Waals surface area contributed by atoms with Crippen molar-refractivity contribution in [2.75, 3.05) is 32.9 Å². The molecule has 0 unspecified atom stereocenters. The Bertz CT molecular complexity index is 743. The Kier molecular flexibility index (Phi) is 4.23. The number of amides is 1. The van der Waals surface area contributed by atoms with E-state index in [0.717, 1.165) is 6.42 Å². The molecule has 0 aliphatic carbocycles. The molecule has 1 aromatic heterocycles. The highest BCUT2D eigenvalue weighted by Crippen LogP contribution is 2.41. The Hall–Kier alpha value is -2.31. The second-order valence-corrected chi connectivity index (χ2v) is 6.78. The van der Waals surface area contributed by atoms with Gasteiger partial charge in [0, 0.05) is 31.2 Å². The number of benzene rings is 1. The van der Waals surface area contributed by atoms with Crippen molar-refractivity contribution in [2.45, 2.75) is 6.42 Å². The molecule has 1 amide bonds. The summed E-state index contributed by atoms with van der Waals surface area (Å²) in [6.07, 6.45) is 0.866. The summed E-state index contributed by atoms with van der Waals surface area (Å²) in [7, 11) is 0. The van der Waals surface area contributed by atoms with Gasteiger partial charge in [-0.15, -0.1) is 0 Å². The zero-order valence-electron chi connectivity index (χ0n) is 13.9. The van der Waals surface area contributed by atoms with Gasteiger partial charge in [-0.1, -0.05) is 18.2 Å². The minimum absolute atomic E-state index is 0.0297. The Labute approximate surface area is 145 Å². The number of hydrogen-bond donors (Lipinski definition) is 1. The van der Waals surface area contributed by atoms with Gasteiger partial charge in [0.25, 0.3) is 11.9 Å². The lowest BCUT2D eigenvalue weighted by Crippen LogP contribution is -2.43. The molecule has 0 saturated carbocycles. The number of aliphatic hydroxyl groups is 1. The maximum absolute atomic E-state index is 12.8. The average molecular weight is 343 g/mol. The molecular formula is C19H21NO5. The van der Waals surface area contributed by atoms with Crippen molar-refractivity contribution in [3.8, 4) is 11.7 Å². The number of nitrogens with zero attached hydrogens (tertiary/aromatic N) is 1. The molecule has 1 aromatic carbocycles. The first-order valence-electron chi connectivity index (χ1n) is 8.51. The summed E-state index contributed by atoms with van der Waals surface area (Å²) in [6.45, 7) is 2.33. The number of fused-ring (bicyclic) bond motifs is 1. The number of furan rings is 1. The van der Waals surface area contributed by atoms with E-state index in [4.69, 9.17) is 13.9 Å². The van der Waals surface area contributed by atoms with E-state index in [1.165, 1.54) is 0 Å². The van der Waals surface area contributed by atoms with Gasteiger partial charge in [0.05, 0.1) is 13.2 Å². The molecule has 4 rings (SSSR count). The predicted octanol–water partition coefficient (Wildman–Crippen LogP) is 2.54. The maximum Gasteiger partial charge on any atom is 0.290 e. The van der Waals surface area contributed by atoms with Gasteiger partial charge in [-0.2, -0.15) is 0 Å². The third kappa shape index (κ3) is 3.03. The summed E-state index contributed by atoms with van der Waals surface area (Å²) in [5.41, 5.74) is -0.343. The number of hydrogen-bond acceptors (Lipinski definition) is 5. The molecule has 1 N–H and O–H groups in total. The van der Waals surface area contributed by atoms with Gasteiger partial charge >= 0.3 is 0 Å². The van der Waals surface area contributed by atoms with Crippen LogP contribution in [0.25, 0.3) is 0 Å². The smallest absolute Gasteiger partial charge is 0.290 e. The van der Waals surface area contributed by atoms with Gasteiger partial charge in [-0.25, -0.2) is 0 Å². The second-order valence-electron chi connectivity index (χ2n) is 6.78. The van der Waals surface area contributed by atoms with Gasteiger partial charge in [-0.05, 0) is 30.5 Å². The van der Waals surface area contributed by atoms with Gasteiger partial charge in [0.2, 0.25) is 0 Å². The average Bonchev–Trinajstić information content (AvgIpc) is 3.27. The summed E-state index contributed by atoms with van der Waals surface area (Å²) in [5, 5.41) is 9.83. The maximum atomic E-state index is 12.8. The van der Waals surface area contributed by atoms with E-state index < -0.39 is 0 Å². The number of ether oxygens (including phenoxy) is 2. The Balaban J connectivity index is 1.47. The van der Waals surface area contributed by atoms with Crippen LogP contribution in [0.3, 0.4) is 0 Å². The van der Waals surface area contributed by atoms with Crippen LogP contribution in [0.2, 0.25) is 0 Å². The Morgan fingerprint density at radius 1 is 1.28 bits per heavy atom. The van der Waals surface area contributed by atoms with E-state index in [9.17, 15) is 9.90 Å². The molecule has 2 aromatic rings. The van der Waals surface area contributed by atoms with Crippen LogP contribution in [0.4, 0.5) is 0 Å². The molecule has 2 aliphatic heterocycles. The first-order chi connectivity index (χ1) is 12.2. The fraction of sp³-hybridized carbons (Fsp3) is 0.421. The molecule has 2 aliphatic rings. The van der Waals surface area contributed by atoms with Crippen LogP contribution in [0.5, 0.6) is 11.7 Å². The SMILES string of the molecule is O=C(c1ccc(Oc2ccccc2)o1)N1C[C@@H]2CCOC[C@]2(CO)C1. The molecule has 0 bridgehead atoms. The monoisotopic (exact) mass is 343 g/mol. The zero-order valence-corrected chi connectivity index (χ0v) is 13.9. The fourth-order valence-corrected chi connectivity index (χ4v) is 3.73. The van der Waals surface area contributed by atoms with Crippen molar-refractivity contribution in [3.63, 3.8) is 0 Å². The molecule has 6 heteroatoms. The number of carbonyl (C=O) groups excluding carboxylic acids is 1. The summed E-state index contributed by atoms with van der Waals surface area (Å²) in [5.74, 6) is 1.28. The summed E-state index contributed by atoms with van der Waals surface area (Å²) in [6, 6.07) is 12.6. The summed E-state index contributed by atoms with van der Waals surface area (Å²) < 4.78 is 16.7. The topological polar surface area (TPSA) is 72.1 Å². The quantitative estimate of drug-likeness (QED) is 0.924. The van der Waals surface area contributed by atoms with Gasteiger partial charge in [0.1, 0.15) is 5.75 Å². The number of carbonyl (C=O) groups is 1. The highest BCUT2D eigenvalue weighted by molar-refractivity contribution is 5.92. The van der Waals surface area contributed by atoms with E-state index in [1.807, 2.05) is 30.3 Å². The zero-order chi connectivity index (χ0) is 17.3. The van der Waals surface area contributed by atoms with Crippen molar-refractivity contribution < 1.29 is 23.8 Å². The lowest BCUT2D eigenvalue weighted by atomic mass is 9.76. The molecule has 6 nitrogen and oxygen atoms in total. The minimum atomic E-state index is -0.343. The van der Waals surface area contributed by atoms with Crippen molar-refractivity contribution in [3.05, 3.63) is 48.2 Å². The van der Waals surface area contributed by atoms with Crippen molar-refractivity contribution in [1.82, 2.24) is 4.90 Å². The number of aliphatic hydroxyl groups excluding tert-OH is 1. The van der Waals surface area contributed by atoms with Crippen LogP contribution in [0.1, 0.15) is 17.0 Å². The van der Waals surface area contributed by atoms with Gasteiger partial charge in [0.15, 0.2) is 5.76 Å². The van der Waals surface area contributed by atoms with Crippen LogP contribution < -0.4 is 4.74 Å². The fourth-order valence-electron chi connectivity index (χ4n) is 3.73. The highest BCUT2D eigenvalue weighted by Gasteiger charge is 2.49. The number of para-hydroxylation sites is 1. The normalized spacial score (nSPS) is 25.6. The van der Waals surface area contributed by atoms with Gasteiger partial charge in [-0.3, -0.25) is 4.79 Å². The van der Waals surface area contributed by atoms with E-state index in [0.29, 0.717) is 32.1 Å². The lowest BCUT2D eigenvalue weighted by molar-refractivity contribution is -0.0557. The molecule has 25 heavy (non-hydrogen) atoms. The van der Waals surface area contributed by atoms with E-state index in [1.54, 1.807) is 17.0 Å². The number of rotatable bonds is 4. The largest absolute Gasteiger partial charge is 0.426 e. The van der Waals surface area contributed by atoms with Crippen molar-refractivity contribution in [2.24, 2.45) is 11.3 Å². The molecule has 2 saturated heterocycles. The van der Waals surface area contributed by atoms with Crippen molar-refractivity contribution >= 4 is 5.91 Å². The molecule has 2 atom stereocenters. The Morgan fingerprint density at radius 2 is 2.12 bits per heavy atom. The van der Waals surface area contributed by atoms with Crippen LogP contribution in [-0.2, 0) is 4.74 Å². The van der Waals surface area contributed by atoms with Crippen LogP contribution in [0, 0.1) is 11.3 Å². The third-order valence-electron chi connectivity index (χ3n) is 5.17. The van der Waals surface area contributed by atoms with Crippen molar-refractivity contribution in [1.29, 1.82) is 0 Å². The minimum Gasteiger partial charge on any atom is -0.426 e. The first-order valence-corrected chi connectivity index (χ1v) is 8.51. The number of likely N-dealkylation sites (tertiary alicyclic amines) is 1. The predicted molar refractivity (Wildman–Crippen MR) is 89.6 cm³/mol. The van der Waals surface area contributed by atoms with E-state index >= 15 is 0 Å². The molecule has 3 heterocycles. The summed E-state index contributed by atoms with van der Waals surface area (Å²) >= 11 is 0. The molecule has 2 fully saturated rings. The second kappa shape index (κ2) is 6.54. The van der Waals surface area contributed by atoms with Crippen LogP contribution in [-0.4, -0.2) is 48.8 Å². The molecular weight excluding hydrogens is 322 g/mol. The third-order valence-corrected chi connectivity index (χ3v) is 5.17. The summed E-state index contributed by atoms with van der Waals surface area (Å²) in [4.78, 5) is 14.5. The first kappa shape index (κ1) is 16.2. The lowest BCUT2D eigenvalue weighted by Gasteiger charge is -2.36. The molecule has 0 radical (unpaired) electrons. The standard InChI is InChI=1S/C19H21NO5/c21-12-19-11-20(10-14(19)8-9-23-13-19)18(22)16-6-7-17(25-16)24-15-4-2-1-3-5-15/h1-7,14,21H,8-13H2/t14-,19+/m0/s1. The highest BCUT2D eigenvalue weighted by atomic mass is 16.6. The molecule has 0 spiro atoms. The van der Waals surface area contributed by atoms with E-state index in [2.05, 4.69) is 0 Å².